The van der Waals surface area contributed by atoms with Crippen molar-refractivity contribution >= 4 is 70.7 Å². The Labute approximate surface area is 223 Å². The second-order valence-corrected chi connectivity index (χ2v) is 10.3. The van der Waals surface area contributed by atoms with Crippen LogP contribution in [0.25, 0.3) is 10.2 Å². The van der Waals surface area contributed by atoms with E-state index in [4.69, 9.17) is 4.74 Å². The Kier molecular flexibility index (Phi) is 7.03. The van der Waals surface area contributed by atoms with Crippen molar-refractivity contribution in [1.82, 2.24) is 4.98 Å². The number of hydrogen-bond donors (Lipinski definition) is 0. The molecule has 0 aliphatic carbocycles. The van der Waals surface area contributed by atoms with Crippen LogP contribution in [0.5, 0.6) is 11.5 Å². The van der Waals surface area contributed by atoms with Gasteiger partial charge in [0, 0.05) is 14.5 Å². The summed E-state index contributed by atoms with van der Waals surface area (Å²) in [5.41, 5.74) is 2.09. The number of fused-ring (bicyclic) bond motifs is 1. The number of halogens is 2. The Morgan fingerprint density at radius 2 is 1.60 bits per heavy atom. The highest BCUT2D eigenvalue weighted by Gasteiger charge is 2.22. The van der Waals surface area contributed by atoms with E-state index in [0.29, 0.717) is 22.2 Å². The zero-order valence-corrected chi connectivity index (χ0v) is 22.1. The Hall–Kier alpha value is -3.33. The quantitative estimate of drug-likeness (QED) is 0.144. The zero-order valence-electron chi connectivity index (χ0n) is 18.1. The van der Waals surface area contributed by atoms with Crippen LogP contribution in [0, 0.1) is 0 Å². The molecule has 0 atom stereocenters. The molecule has 0 saturated carbocycles. The van der Waals surface area contributed by atoms with Crippen LogP contribution in [-0.4, -0.2) is 17.1 Å². The van der Waals surface area contributed by atoms with Crippen LogP contribution in [-0.2, 0) is 0 Å². The monoisotopic (exact) mass is 605 g/mol. The molecular weight excluding hydrogens is 590 g/mol. The van der Waals surface area contributed by atoms with Gasteiger partial charge >= 0.3 is 0 Å². The number of amides is 1. The summed E-state index contributed by atoms with van der Waals surface area (Å²) in [6.45, 7) is 0. The van der Waals surface area contributed by atoms with E-state index < -0.39 is 0 Å². The fourth-order valence-electron chi connectivity index (χ4n) is 3.28. The van der Waals surface area contributed by atoms with Crippen LogP contribution in [0.3, 0.4) is 0 Å². The van der Waals surface area contributed by atoms with Gasteiger partial charge in [0.15, 0.2) is 0 Å². The maximum Gasteiger partial charge on any atom is 0.280 e. The summed E-state index contributed by atoms with van der Waals surface area (Å²) in [6, 6.07) is 30.0. The minimum Gasteiger partial charge on any atom is -0.457 e. The van der Waals surface area contributed by atoms with Crippen LogP contribution in [0.4, 0.5) is 5.13 Å². The van der Waals surface area contributed by atoms with Crippen LogP contribution in [0.1, 0.15) is 15.9 Å². The zero-order chi connectivity index (χ0) is 24.2. The lowest BCUT2D eigenvalue weighted by molar-refractivity contribution is 0.0987. The van der Waals surface area contributed by atoms with E-state index in [9.17, 15) is 4.79 Å². The number of hydrazone groups is 1. The lowest BCUT2D eigenvalue weighted by Gasteiger charge is -2.14. The average Bonchev–Trinajstić information content (AvgIpc) is 3.29. The highest BCUT2D eigenvalue weighted by atomic mass is 79.9. The lowest BCUT2D eigenvalue weighted by Crippen LogP contribution is -2.25. The second-order valence-electron chi connectivity index (χ2n) is 7.46. The Morgan fingerprint density at radius 1 is 0.857 bits per heavy atom. The molecule has 5 nitrogen and oxygen atoms in total. The number of carbonyl (C=O) groups excluding carboxylic acids is 1. The lowest BCUT2D eigenvalue weighted by atomic mass is 10.2. The summed E-state index contributed by atoms with van der Waals surface area (Å²) in [5.74, 6) is 0.945. The van der Waals surface area contributed by atoms with E-state index >= 15 is 0 Å². The number of thiazole rings is 1. The summed E-state index contributed by atoms with van der Waals surface area (Å²) in [4.78, 5) is 18.3. The Morgan fingerprint density at radius 3 is 2.40 bits per heavy atom. The summed E-state index contributed by atoms with van der Waals surface area (Å²) < 4.78 is 8.79. The number of benzene rings is 4. The van der Waals surface area contributed by atoms with Crippen LogP contribution >= 0.6 is 43.2 Å². The van der Waals surface area contributed by atoms with Gasteiger partial charge in [-0.1, -0.05) is 79.6 Å². The summed E-state index contributed by atoms with van der Waals surface area (Å²) in [5, 5.41) is 6.35. The minimum absolute atomic E-state index is 0.310. The largest absolute Gasteiger partial charge is 0.457 e. The number of hydrogen-bond acceptors (Lipinski definition) is 5. The average molecular weight is 607 g/mol. The second kappa shape index (κ2) is 10.5. The molecule has 1 aromatic heterocycles. The molecule has 4 aromatic carbocycles. The Balaban J connectivity index is 1.50. The van der Waals surface area contributed by atoms with E-state index in [1.54, 1.807) is 24.4 Å². The molecule has 0 aliphatic rings. The van der Waals surface area contributed by atoms with E-state index in [0.717, 1.165) is 24.7 Å². The number of anilines is 1. The molecule has 172 valence electrons. The molecule has 0 saturated heterocycles. The third kappa shape index (κ3) is 5.67. The molecule has 0 fully saturated rings. The predicted octanol–water partition coefficient (Wildman–Crippen LogP) is 8.29. The van der Waals surface area contributed by atoms with Crippen molar-refractivity contribution in [3.05, 3.63) is 117 Å². The van der Waals surface area contributed by atoms with Gasteiger partial charge in [0.25, 0.3) is 5.91 Å². The normalized spacial score (nSPS) is 11.1. The first-order valence-electron chi connectivity index (χ1n) is 10.6. The van der Waals surface area contributed by atoms with E-state index in [2.05, 4.69) is 41.9 Å². The third-order valence-corrected chi connectivity index (χ3v) is 6.98. The molecule has 5 rings (SSSR count). The van der Waals surface area contributed by atoms with Gasteiger partial charge in [0.05, 0.1) is 16.4 Å². The molecule has 0 unspecified atom stereocenters. The van der Waals surface area contributed by atoms with Gasteiger partial charge < -0.3 is 4.74 Å². The SMILES string of the molecule is O=C(c1cccc(Oc2ccccc2)c1)N(/N=C/c1ccc(Br)cc1)c1nc2ccc(Br)cc2s1. The molecule has 0 bridgehead atoms. The number of carbonyl (C=O) groups is 1. The van der Waals surface area contributed by atoms with Crippen molar-refractivity contribution in [2.45, 2.75) is 0 Å². The smallest absolute Gasteiger partial charge is 0.280 e. The van der Waals surface area contributed by atoms with E-state index in [1.807, 2.05) is 78.9 Å². The molecule has 5 aromatic rings. The summed E-state index contributed by atoms with van der Waals surface area (Å²) >= 11 is 8.33. The van der Waals surface area contributed by atoms with Crippen molar-refractivity contribution in [2.75, 3.05) is 5.01 Å². The number of para-hydroxylation sites is 1. The van der Waals surface area contributed by atoms with Crippen molar-refractivity contribution in [1.29, 1.82) is 0 Å². The summed E-state index contributed by atoms with van der Waals surface area (Å²) in [6.07, 6.45) is 1.65. The minimum atomic E-state index is -0.310. The number of aromatic nitrogens is 1. The highest BCUT2D eigenvalue weighted by molar-refractivity contribution is 9.10. The maximum atomic E-state index is 13.7. The maximum absolute atomic E-state index is 13.7. The van der Waals surface area contributed by atoms with Crippen molar-refractivity contribution in [3.8, 4) is 11.5 Å². The van der Waals surface area contributed by atoms with Crippen molar-refractivity contribution in [3.63, 3.8) is 0 Å². The molecule has 35 heavy (non-hydrogen) atoms. The fraction of sp³-hybridized carbons (Fsp3) is 0. The third-order valence-electron chi connectivity index (χ3n) is 4.96. The topological polar surface area (TPSA) is 54.8 Å². The van der Waals surface area contributed by atoms with E-state index in [-0.39, 0.29) is 5.91 Å². The summed E-state index contributed by atoms with van der Waals surface area (Å²) in [7, 11) is 0. The van der Waals surface area contributed by atoms with Crippen LogP contribution < -0.4 is 9.75 Å². The van der Waals surface area contributed by atoms with Crippen LogP contribution in [0.15, 0.2) is 111 Å². The molecule has 0 radical (unpaired) electrons. The first-order valence-corrected chi connectivity index (χ1v) is 13.0. The number of nitrogens with zero attached hydrogens (tertiary/aromatic N) is 3. The molecule has 0 aliphatic heterocycles. The molecule has 0 N–H and O–H groups in total. The van der Waals surface area contributed by atoms with Crippen molar-refractivity contribution < 1.29 is 9.53 Å². The molecule has 1 heterocycles. The number of ether oxygens (including phenoxy) is 1. The molecule has 0 spiro atoms. The fourth-order valence-corrected chi connectivity index (χ4v) is 5.02. The van der Waals surface area contributed by atoms with Gasteiger partial charge in [-0.3, -0.25) is 4.79 Å². The van der Waals surface area contributed by atoms with Gasteiger partial charge in [-0.2, -0.15) is 10.1 Å². The Bertz CT molecular complexity index is 1520. The van der Waals surface area contributed by atoms with Gasteiger partial charge in [0.1, 0.15) is 11.5 Å². The van der Waals surface area contributed by atoms with Gasteiger partial charge in [-0.05, 0) is 66.2 Å². The van der Waals surface area contributed by atoms with Gasteiger partial charge in [-0.25, -0.2) is 4.98 Å². The standard InChI is InChI=1S/C27H17Br2N3O2S/c28-20-11-9-18(10-12-20)17-30-32(27-31-24-14-13-21(29)16-25(24)35-27)26(33)19-5-4-8-23(15-19)34-22-6-2-1-3-7-22/h1-17H/b30-17+. The van der Waals surface area contributed by atoms with Gasteiger partial charge in [0.2, 0.25) is 5.13 Å². The first kappa shape index (κ1) is 23.4. The van der Waals surface area contributed by atoms with E-state index in [1.165, 1.54) is 16.3 Å². The first-order chi connectivity index (χ1) is 17.0. The molecular formula is C27H17Br2N3O2S. The predicted molar refractivity (Wildman–Crippen MR) is 149 cm³/mol. The van der Waals surface area contributed by atoms with Gasteiger partial charge in [-0.15, -0.1) is 0 Å². The molecule has 8 heteroatoms. The van der Waals surface area contributed by atoms with Crippen LogP contribution in [0.2, 0.25) is 0 Å². The number of rotatable bonds is 6. The highest BCUT2D eigenvalue weighted by Crippen LogP contribution is 2.32. The molecule has 1 amide bonds. The van der Waals surface area contributed by atoms with Crippen molar-refractivity contribution in [2.24, 2.45) is 5.10 Å².